The summed E-state index contributed by atoms with van der Waals surface area (Å²) in [7, 11) is 0. The molecule has 1 atom stereocenters. The number of carbonyl (C=O) groups is 3. The zero-order valence-corrected chi connectivity index (χ0v) is 20.7. The van der Waals surface area contributed by atoms with Crippen molar-refractivity contribution in [2.45, 2.75) is 44.2 Å². The Kier molecular flexibility index (Phi) is 8.92. The molecule has 0 aromatic heterocycles. The highest BCUT2D eigenvalue weighted by Gasteiger charge is 2.30. The predicted octanol–water partition coefficient (Wildman–Crippen LogP) is 4.56. The molecular weight excluding hydrogens is 468 g/mol. The number of amides is 2. The maximum Gasteiger partial charge on any atom is 0.408 e. The molecule has 0 bridgehead atoms. The van der Waals surface area contributed by atoms with Crippen molar-refractivity contribution in [2.75, 3.05) is 13.1 Å². The molecule has 7 heteroatoms. The number of alkyl carbamates (subject to hydrolysis) is 1. The second-order valence-corrected chi connectivity index (χ2v) is 9.36. The third-order valence-electron chi connectivity index (χ3n) is 6.70. The lowest BCUT2D eigenvalue weighted by Crippen LogP contribution is -2.51. The molecule has 7 nitrogen and oxygen atoms in total. The van der Waals surface area contributed by atoms with Gasteiger partial charge in [0.05, 0.1) is 6.42 Å². The summed E-state index contributed by atoms with van der Waals surface area (Å²) in [5.74, 6) is -0.655. The first kappa shape index (κ1) is 25.9. The molecule has 0 unspecified atom stereocenters. The van der Waals surface area contributed by atoms with E-state index in [0.717, 1.165) is 35.1 Å². The topological polar surface area (TPSA) is 95.9 Å². The maximum absolute atomic E-state index is 13.5. The smallest absolute Gasteiger partial charge is 0.408 e. The molecule has 0 spiro atoms. The molecule has 0 aliphatic carbocycles. The van der Waals surface area contributed by atoms with Crippen LogP contribution in [0.15, 0.2) is 84.9 Å². The van der Waals surface area contributed by atoms with Gasteiger partial charge in [-0.15, -0.1) is 0 Å². The highest BCUT2D eigenvalue weighted by molar-refractivity contribution is 5.86. The van der Waals surface area contributed by atoms with Crippen molar-refractivity contribution in [2.24, 2.45) is 0 Å². The molecule has 1 fully saturated rings. The predicted molar refractivity (Wildman–Crippen MR) is 140 cm³/mol. The van der Waals surface area contributed by atoms with Crippen LogP contribution in [-0.4, -0.2) is 47.1 Å². The zero-order valence-electron chi connectivity index (χ0n) is 20.7. The second kappa shape index (κ2) is 12.7. The molecule has 1 saturated heterocycles. The third-order valence-corrected chi connectivity index (χ3v) is 6.70. The quantitative estimate of drug-likeness (QED) is 0.449. The van der Waals surface area contributed by atoms with Crippen LogP contribution in [0, 0.1) is 0 Å². The van der Waals surface area contributed by atoms with Crippen LogP contribution in [0.3, 0.4) is 0 Å². The maximum atomic E-state index is 13.5. The normalized spacial score (nSPS) is 14.5. The van der Waals surface area contributed by atoms with Crippen molar-refractivity contribution >= 4 is 18.0 Å². The van der Waals surface area contributed by atoms with Gasteiger partial charge in [0, 0.05) is 19.5 Å². The fourth-order valence-corrected chi connectivity index (χ4v) is 4.69. The van der Waals surface area contributed by atoms with E-state index in [1.54, 1.807) is 0 Å². The molecule has 4 rings (SSSR count). The zero-order chi connectivity index (χ0) is 26.0. The van der Waals surface area contributed by atoms with Gasteiger partial charge in [-0.2, -0.15) is 0 Å². The molecule has 37 heavy (non-hydrogen) atoms. The molecule has 2 amide bonds. The van der Waals surface area contributed by atoms with Crippen LogP contribution in [0.2, 0.25) is 0 Å². The Balaban J connectivity index is 1.36. The molecule has 2 N–H and O–H groups in total. The van der Waals surface area contributed by atoms with Crippen molar-refractivity contribution < 1.29 is 24.2 Å². The van der Waals surface area contributed by atoms with Crippen molar-refractivity contribution in [3.63, 3.8) is 0 Å². The Morgan fingerprint density at radius 3 is 2.03 bits per heavy atom. The summed E-state index contributed by atoms with van der Waals surface area (Å²) in [6.45, 7) is 1.31. The molecule has 3 aromatic rings. The SMILES string of the molecule is O=C(O)Cc1ccc(C2CCN(C(=O)[C@@H](Cc3ccccc3)NC(=O)OCc3ccccc3)CC2)cc1. The van der Waals surface area contributed by atoms with Gasteiger partial charge in [0.25, 0.3) is 0 Å². The number of benzene rings is 3. The Labute approximate surface area is 217 Å². The first-order valence-electron chi connectivity index (χ1n) is 12.6. The number of carboxylic acid groups (broad SMARTS) is 1. The highest BCUT2D eigenvalue weighted by Crippen LogP contribution is 2.28. The van der Waals surface area contributed by atoms with E-state index >= 15 is 0 Å². The largest absolute Gasteiger partial charge is 0.481 e. The van der Waals surface area contributed by atoms with E-state index in [4.69, 9.17) is 9.84 Å². The number of piperidine rings is 1. The summed E-state index contributed by atoms with van der Waals surface area (Å²) < 4.78 is 5.38. The summed E-state index contributed by atoms with van der Waals surface area (Å²) in [5, 5.41) is 11.8. The Morgan fingerprint density at radius 2 is 1.43 bits per heavy atom. The lowest BCUT2D eigenvalue weighted by Gasteiger charge is -2.34. The standard InChI is InChI=1S/C30H32N2O5/c33-28(34)20-23-11-13-25(14-12-23)26-15-17-32(18-16-26)29(35)27(19-22-7-3-1-4-8-22)31-30(36)37-21-24-9-5-2-6-10-24/h1-14,26-27H,15-21H2,(H,31,36)(H,33,34)/t27-/m1/s1. The minimum atomic E-state index is -0.845. The van der Waals surface area contributed by atoms with Crippen molar-refractivity contribution in [1.29, 1.82) is 0 Å². The van der Waals surface area contributed by atoms with Crippen molar-refractivity contribution in [3.8, 4) is 0 Å². The molecule has 0 saturated carbocycles. The van der Waals surface area contributed by atoms with E-state index in [0.29, 0.717) is 25.4 Å². The van der Waals surface area contributed by atoms with Crippen molar-refractivity contribution in [3.05, 3.63) is 107 Å². The summed E-state index contributed by atoms with van der Waals surface area (Å²) in [4.78, 5) is 38.8. The number of nitrogens with one attached hydrogen (secondary N) is 1. The first-order valence-corrected chi connectivity index (χ1v) is 12.6. The number of rotatable bonds is 9. The van der Waals surface area contributed by atoms with E-state index < -0.39 is 18.1 Å². The monoisotopic (exact) mass is 500 g/mol. The minimum Gasteiger partial charge on any atom is -0.481 e. The molecular formula is C30H32N2O5. The molecule has 192 valence electrons. The van der Waals surface area contributed by atoms with Gasteiger partial charge in [0.15, 0.2) is 0 Å². The van der Waals surface area contributed by atoms with E-state index in [9.17, 15) is 14.4 Å². The van der Waals surface area contributed by atoms with Crippen molar-refractivity contribution in [1.82, 2.24) is 10.2 Å². The van der Waals surface area contributed by atoms with Crippen LogP contribution < -0.4 is 5.32 Å². The van der Waals surface area contributed by atoms with Gasteiger partial charge in [-0.25, -0.2) is 4.79 Å². The van der Waals surface area contributed by atoms with Crippen LogP contribution in [-0.2, 0) is 33.8 Å². The number of likely N-dealkylation sites (tertiary alicyclic amines) is 1. The van der Waals surface area contributed by atoms with E-state index in [2.05, 4.69) is 5.32 Å². The Bertz CT molecular complexity index is 1170. The van der Waals surface area contributed by atoms with E-state index in [-0.39, 0.29) is 18.9 Å². The molecule has 1 aliphatic rings. The van der Waals surface area contributed by atoms with Crippen LogP contribution >= 0.6 is 0 Å². The molecule has 1 heterocycles. The molecule has 1 aliphatic heterocycles. The number of ether oxygens (including phenoxy) is 1. The molecule has 0 radical (unpaired) electrons. The number of hydrogen-bond donors (Lipinski definition) is 2. The summed E-state index contributed by atoms with van der Waals surface area (Å²) in [6.07, 6.45) is 1.39. The van der Waals surface area contributed by atoms with Gasteiger partial charge in [0.1, 0.15) is 12.6 Å². The Hall–Kier alpha value is -4.13. The average Bonchev–Trinajstić information content (AvgIpc) is 2.92. The summed E-state index contributed by atoms with van der Waals surface area (Å²) >= 11 is 0. The average molecular weight is 501 g/mol. The fraction of sp³-hybridized carbons (Fsp3) is 0.300. The summed E-state index contributed by atoms with van der Waals surface area (Å²) in [6, 6.07) is 26.0. The lowest BCUT2D eigenvalue weighted by atomic mass is 9.88. The Morgan fingerprint density at radius 1 is 0.838 bits per heavy atom. The van der Waals surface area contributed by atoms with Crippen LogP contribution in [0.25, 0.3) is 0 Å². The van der Waals surface area contributed by atoms with Gasteiger partial charge >= 0.3 is 12.1 Å². The van der Waals surface area contributed by atoms with Crippen LogP contribution in [0.5, 0.6) is 0 Å². The number of carbonyl (C=O) groups excluding carboxylic acids is 2. The summed E-state index contributed by atoms with van der Waals surface area (Å²) in [5.41, 5.74) is 3.77. The van der Waals surface area contributed by atoms with Crippen LogP contribution in [0.1, 0.15) is 41.0 Å². The lowest BCUT2D eigenvalue weighted by molar-refractivity contribution is -0.136. The number of aliphatic carboxylic acids is 1. The fourth-order valence-electron chi connectivity index (χ4n) is 4.69. The second-order valence-electron chi connectivity index (χ2n) is 9.36. The van der Waals surface area contributed by atoms with Gasteiger partial charge < -0.3 is 20.1 Å². The van der Waals surface area contributed by atoms with E-state index in [1.165, 1.54) is 0 Å². The number of nitrogens with zero attached hydrogens (tertiary/aromatic N) is 1. The third kappa shape index (κ3) is 7.67. The van der Waals surface area contributed by atoms with Gasteiger partial charge in [-0.05, 0) is 41.0 Å². The van der Waals surface area contributed by atoms with Gasteiger partial charge in [0.2, 0.25) is 5.91 Å². The number of hydrogen-bond acceptors (Lipinski definition) is 4. The van der Waals surface area contributed by atoms with E-state index in [1.807, 2.05) is 89.8 Å². The van der Waals surface area contributed by atoms with Gasteiger partial charge in [-0.3, -0.25) is 9.59 Å². The van der Waals surface area contributed by atoms with Crippen LogP contribution in [0.4, 0.5) is 4.79 Å². The number of carboxylic acids is 1. The minimum absolute atomic E-state index is 0.0107. The van der Waals surface area contributed by atoms with Gasteiger partial charge in [-0.1, -0.05) is 84.9 Å². The highest BCUT2D eigenvalue weighted by atomic mass is 16.5. The molecule has 3 aromatic carbocycles. The first-order chi connectivity index (χ1) is 18.0.